The summed E-state index contributed by atoms with van der Waals surface area (Å²) >= 11 is 1.27. The van der Waals surface area contributed by atoms with Crippen molar-refractivity contribution >= 4 is 40.0 Å². The summed E-state index contributed by atoms with van der Waals surface area (Å²) in [6.07, 6.45) is 1.62. The SMILES string of the molecule is Cc1cc2c(cc3c(SCC(=O)Nc4ccc(C)c(F)c4)nncn32)o1. The largest absolute Gasteiger partial charge is 0.460 e. The lowest BCUT2D eigenvalue weighted by atomic mass is 10.2. The van der Waals surface area contributed by atoms with Gasteiger partial charge in [-0.05, 0) is 31.5 Å². The number of amides is 1. The highest BCUT2D eigenvalue weighted by Crippen LogP contribution is 2.28. The first kappa shape index (κ1) is 16.6. The van der Waals surface area contributed by atoms with E-state index in [2.05, 4.69) is 15.5 Å². The molecule has 132 valence electrons. The average Bonchev–Trinajstić information content (AvgIpc) is 3.13. The lowest BCUT2D eigenvalue weighted by Crippen LogP contribution is -2.14. The number of furan rings is 1. The Bertz CT molecular complexity index is 1140. The van der Waals surface area contributed by atoms with E-state index in [1.54, 1.807) is 25.4 Å². The van der Waals surface area contributed by atoms with Crippen molar-refractivity contribution in [3.63, 3.8) is 0 Å². The van der Waals surface area contributed by atoms with Crippen LogP contribution in [0.2, 0.25) is 0 Å². The summed E-state index contributed by atoms with van der Waals surface area (Å²) in [5.41, 5.74) is 3.45. The number of nitrogens with one attached hydrogen (secondary N) is 1. The normalized spacial score (nSPS) is 11.3. The van der Waals surface area contributed by atoms with Gasteiger partial charge in [-0.1, -0.05) is 17.8 Å². The molecule has 0 saturated heterocycles. The smallest absolute Gasteiger partial charge is 0.234 e. The maximum atomic E-state index is 13.6. The molecule has 4 aromatic rings. The van der Waals surface area contributed by atoms with Gasteiger partial charge in [0.05, 0.1) is 16.8 Å². The molecule has 0 atom stereocenters. The number of anilines is 1. The second-order valence-corrected chi connectivity index (χ2v) is 6.91. The molecule has 8 heteroatoms. The van der Waals surface area contributed by atoms with Gasteiger partial charge in [0.1, 0.15) is 22.9 Å². The molecule has 0 saturated carbocycles. The van der Waals surface area contributed by atoms with Crippen LogP contribution in [-0.2, 0) is 4.79 Å². The Hall–Kier alpha value is -2.87. The van der Waals surface area contributed by atoms with Crippen LogP contribution in [0.4, 0.5) is 10.1 Å². The van der Waals surface area contributed by atoms with Gasteiger partial charge in [-0.25, -0.2) is 4.39 Å². The molecule has 0 unspecified atom stereocenters. The van der Waals surface area contributed by atoms with Crippen LogP contribution >= 0.6 is 11.8 Å². The van der Waals surface area contributed by atoms with E-state index in [-0.39, 0.29) is 17.5 Å². The zero-order valence-corrected chi connectivity index (χ0v) is 14.9. The minimum Gasteiger partial charge on any atom is -0.460 e. The van der Waals surface area contributed by atoms with Crippen molar-refractivity contribution in [2.24, 2.45) is 0 Å². The number of hydrogen-bond acceptors (Lipinski definition) is 5. The van der Waals surface area contributed by atoms with Crippen LogP contribution in [-0.4, -0.2) is 26.3 Å². The number of carbonyl (C=O) groups excluding carboxylic acids is 1. The molecule has 1 N–H and O–H groups in total. The monoisotopic (exact) mass is 370 g/mol. The van der Waals surface area contributed by atoms with Gasteiger partial charge in [-0.15, -0.1) is 10.2 Å². The molecule has 1 amide bonds. The van der Waals surface area contributed by atoms with Gasteiger partial charge in [0.25, 0.3) is 0 Å². The lowest BCUT2D eigenvalue weighted by molar-refractivity contribution is -0.113. The van der Waals surface area contributed by atoms with Gasteiger partial charge in [0.15, 0.2) is 5.58 Å². The molecule has 0 spiro atoms. The first-order valence-electron chi connectivity index (χ1n) is 7.93. The molecule has 0 aliphatic carbocycles. The topological polar surface area (TPSA) is 72.4 Å². The van der Waals surface area contributed by atoms with Gasteiger partial charge in [0, 0.05) is 17.8 Å². The predicted molar refractivity (Wildman–Crippen MR) is 98.0 cm³/mol. The number of nitrogens with zero attached hydrogens (tertiary/aromatic N) is 3. The van der Waals surface area contributed by atoms with E-state index in [4.69, 9.17) is 4.42 Å². The first-order valence-corrected chi connectivity index (χ1v) is 8.91. The van der Waals surface area contributed by atoms with Crippen molar-refractivity contribution in [1.29, 1.82) is 0 Å². The number of aromatic nitrogens is 3. The van der Waals surface area contributed by atoms with Gasteiger partial charge in [0.2, 0.25) is 5.91 Å². The van der Waals surface area contributed by atoms with Gasteiger partial charge >= 0.3 is 0 Å². The van der Waals surface area contributed by atoms with E-state index in [0.29, 0.717) is 16.3 Å². The summed E-state index contributed by atoms with van der Waals surface area (Å²) in [6, 6.07) is 8.42. The summed E-state index contributed by atoms with van der Waals surface area (Å²) in [5.74, 6) is 0.362. The van der Waals surface area contributed by atoms with Crippen LogP contribution < -0.4 is 5.32 Å². The highest BCUT2D eigenvalue weighted by atomic mass is 32.2. The van der Waals surface area contributed by atoms with E-state index in [9.17, 15) is 9.18 Å². The molecule has 3 aromatic heterocycles. The number of rotatable bonds is 4. The Labute approximate surface area is 152 Å². The van der Waals surface area contributed by atoms with Crippen molar-refractivity contribution in [1.82, 2.24) is 14.6 Å². The maximum Gasteiger partial charge on any atom is 0.234 e. The molecular weight excluding hydrogens is 355 g/mol. The molecular formula is C18H15FN4O2S. The van der Waals surface area contributed by atoms with Crippen LogP contribution in [0, 0.1) is 19.7 Å². The first-order chi connectivity index (χ1) is 12.5. The number of halogens is 1. The second-order valence-electron chi connectivity index (χ2n) is 5.94. The standard InChI is InChI=1S/C18H15FN4O2S/c1-10-3-4-12(6-13(10)19)21-17(24)8-26-18-15-7-16-14(5-11(2)25-16)23(15)9-20-22-18/h3-7,9H,8H2,1-2H3,(H,21,24). The molecule has 0 aliphatic heterocycles. The van der Waals surface area contributed by atoms with Crippen LogP contribution in [0.5, 0.6) is 0 Å². The summed E-state index contributed by atoms with van der Waals surface area (Å²) in [4.78, 5) is 12.2. The fraction of sp³-hybridized carbons (Fsp3) is 0.167. The fourth-order valence-electron chi connectivity index (χ4n) is 2.71. The zero-order valence-electron chi connectivity index (χ0n) is 14.1. The summed E-state index contributed by atoms with van der Waals surface area (Å²) in [5, 5.41) is 11.4. The number of fused-ring (bicyclic) bond motifs is 3. The van der Waals surface area contributed by atoms with Crippen LogP contribution in [0.25, 0.3) is 16.6 Å². The molecule has 0 bridgehead atoms. The highest BCUT2D eigenvalue weighted by Gasteiger charge is 2.14. The lowest BCUT2D eigenvalue weighted by Gasteiger charge is -2.06. The number of aryl methyl sites for hydroxylation is 2. The molecule has 1 aromatic carbocycles. The van der Waals surface area contributed by atoms with E-state index in [1.165, 1.54) is 17.8 Å². The summed E-state index contributed by atoms with van der Waals surface area (Å²) < 4.78 is 21.1. The Morgan fingerprint density at radius 2 is 2.12 bits per heavy atom. The Balaban J connectivity index is 1.51. The van der Waals surface area contributed by atoms with Gasteiger partial charge in [-0.3, -0.25) is 9.20 Å². The zero-order chi connectivity index (χ0) is 18.3. The van der Waals surface area contributed by atoms with Crippen LogP contribution in [0.3, 0.4) is 0 Å². The third kappa shape index (κ3) is 3.03. The second kappa shape index (κ2) is 6.45. The third-order valence-corrected chi connectivity index (χ3v) is 4.95. The van der Waals surface area contributed by atoms with E-state index in [1.807, 2.05) is 23.5 Å². The van der Waals surface area contributed by atoms with Crippen LogP contribution in [0.15, 0.2) is 46.1 Å². The van der Waals surface area contributed by atoms with Crippen molar-refractivity contribution in [3.8, 4) is 0 Å². The number of hydrogen-bond donors (Lipinski definition) is 1. The van der Waals surface area contributed by atoms with Crippen molar-refractivity contribution < 1.29 is 13.6 Å². The minimum atomic E-state index is -0.350. The fourth-order valence-corrected chi connectivity index (χ4v) is 3.46. The molecule has 3 heterocycles. The molecule has 0 fully saturated rings. The number of thioether (sulfide) groups is 1. The summed E-state index contributed by atoms with van der Waals surface area (Å²) in [7, 11) is 0. The van der Waals surface area contributed by atoms with Crippen LogP contribution in [0.1, 0.15) is 11.3 Å². The Morgan fingerprint density at radius 3 is 2.92 bits per heavy atom. The highest BCUT2D eigenvalue weighted by molar-refractivity contribution is 8.00. The van der Waals surface area contributed by atoms with E-state index in [0.717, 1.165) is 22.4 Å². The number of benzene rings is 1. The van der Waals surface area contributed by atoms with E-state index >= 15 is 0 Å². The molecule has 26 heavy (non-hydrogen) atoms. The van der Waals surface area contributed by atoms with Crippen molar-refractivity contribution in [2.75, 3.05) is 11.1 Å². The quantitative estimate of drug-likeness (QED) is 0.551. The molecule has 4 rings (SSSR count). The maximum absolute atomic E-state index is 13.6. The Morgan fingerprint density at radius 1 is 1.27 bits per heavy atom. The minimum absolute atomic E-state index is 0.134. The molecule has 0 radical (unpaired) electrons. The number of carbonyl (C=O) groups is 1. The van der Waals surface area contributed by atoms with Crippen molar-refractivity contribution in [3.05, 3.63) is 53.8 Å². The molecule has 0 aliphatic rings. The van der Waals surface area contributed by atoms with Gasteiger partial charge < -0.3 is 9.73 Å². The van der Waals surface area contributed by atoms with E-state index < -0.39 is 0 Å². The van der Waals surface area contributed by atoms with Crippen molar-refractivity contribution in [2.45, 2.75) is 18.9 Å². The summed E-state index contributed by atoms with van der Waals surface area (Å²) in [6.45, 7) is 3.56. The Kier molecular flexibility index (Phi) is 4.12. The van der Waals surface area contributed by atoms with Gasteiger partial charge in [-0.2, -0.15) is 0 Å². The molecule has 6 nitrogen and oxygen atoms in total. The average molecular weight is 370 g/mol. The predicted octanol–water partition coefficient (Wildman–Crippen LogP) is 3.96. The third-order valence-electron chi connectivity index (χ3n) is 3.98.